The molecule has 120 valence electrons. The number of carbonyl (C=O) groups excluding carboxylic acids is 1. The second kappa shape index (κ2) is 7.09. The normalized spacial score (nSPS) is 16.2. The Labute approximate surface area is 141 Å². The van der Waals surface area contributed by atoms with Crippen molar-refractivity contribution < 1.29 is 9.53 Å². The molecule has 0 aliphatic carbocycles. The van der Waals surface area contributed by atoms with Crippen LogP contribution in [0.4, 0.5) is 0 Å². The van der Waals surface area contributed by atoms with Crippen molar-refractivity contribution in [2.45, 2.75) is 43.1 Å². The molecule has 2 aromatic carbocycles. The molecule has 2 aromatic rings. The van der Waals surface area contributed by atoms with Crippen LogP contribution in [-0.4, -0.2) is 17.3 Å². The first kappa shape index (κ1) is 15.9. The fraction of sp³-hybridized carbons (Fsp3) is 0.316. The van der Waals surface area contributed by atoms with Crippen LogP contribution in [0.25, 0.3) is 0 Å². The van der Waals surface area contributed by atoms with Crippen LogP contribution in [-0.2, 0) is 17.8 Å². The molecule has 4 heteroatoms. The van der Waals surface area contributed by atoms with Crippen LogP contribution in [0.3, 0.4) is 0 Å². The monoisotopic (exact) mass is 327 g/mol. The Morgan fingerprint density at radius 2 is 1.96 bits per heavy atom. The topological polar surface area (TPSA) is 38.3 Å². The lowest BCUT2D eigenvalue weighted by atomic mass is 10.1. The quantitative estimate of drug-likeness (QED) is 0.907. The standard InChI is InChI=1S/C19H21NO2S/c1-13(2)22-16-9-7-14(8-10-16)12-20-19(21)18-11-15-5-3-4-6-17(15)23-18/h3-10,13,18H,11-12H2,1-2H3,(H,20,21). The van der Waals surface area contributed by atoms with E-state index in [9.17, 15) is 4.79 Å². The van der Waals surface area contributed by atoms with Crippen LogP contribution >= 0.6 is 11.8 Å². The summed E-state index contributed by atoms with van der Waals surface area (Å²) in [5, 5.41) is 3.02. The van der Waals surface area contributed by atoms with Crippen LogP contribution in [0.2, 0.25) is 0 Å². The molecule has 0 aromatic heterocycles. The molecule has 0 spiro atoms. The zero-order valence-corrected chi connectivity index (χ0v) is 14.2. The van der Waals surface area contributed by atoms with Crippen molar-refractivity contribution in [1.29, 1.82) is 0 Å². The highest BCUT2D eigenvalue weighted by atomic mass is 32.2. The van der Waals surface area contributed by atoms with Gasteiger partial charge in [0.2, 0.25) is 5.91 Å². The number of fused-ring (bicyclic) bond motifs is 1. The number of thioether (sulfide) groups is 1. The summed E-state index contributed by atoms with van der Waals surface area (Å²) in [4.78, 5) is 13.6. The molecule has 1 atom stereocenters. The van der Waals surface area contributed by atoms with Gasteiger partial charge in [-0.05, 0) is 49.6 Å². The number of hydrogen-bond acceptors (Lipinski definition) is 3. The Bertz CT molecular complexity index is 657. The van der Waals surface area contributed by atoms with Gasteiger partial charge in [0, 0.05) is 11.4 Å². The maximum absolute atomic E-state index is 12.3. The average molecular weight is 327 g/mol. The third kappa shape index (κ3) is 4.08. The molecule has 0 bridgehead atoms. The average Bonchev–Trinajstić information content (AvgIpc) is 2.97. The van der Waals surface area contributed by atoms with Crippen molar-refractivity contribution in [3.63, 3.8) is 0 Å². The number of ether oxygens (including phenoxy) is 1. The maximum Gasteiger partial charge on any atom is 0.234 e. The lowest BCUT2D eigenvalue weighted by Crippen LogP contribution is -2.31. The van der Waals surface area contributed by atoms with Gasteiger partial charge in [-0.25, -0.2) is 0 Å². The maximum atomic E-state index is 12.3. The zero-order chi connectivity index (χ0) is 16.2. The van der Waals surface area contributed by atoms with Gasteiger partial charge in [0.15, 0.2) is 0 Å². The SMILES string of the molecule is CC(C)Oc1ccc(CNC(=O)C2Cc3ccccc3S2)cc1. The number of hydrogen-bond donors (Lipinski definition) is 1. The van der Waals surface area contributed by atoms with Gasteiger partial charge in [0.05, 0.1) is 11.4 Å². The van der Waals surface area contributed by atoms with Crippen molar-refractivity contribution >= 4 is 17.7 Å². The Morgan fingerprint density at radius 1 is 1.22 bits per heavy atom. The van der Waals surface area contributed by atoms with E-state index in [1.807, 2.05) is 50.2 Å². The molecule has 1 aliphatic rings. The number of rotatable bonds is 5. The van der Waals surface area contributed by atoms with Gasteiger partial charge in [0.1, 0.15) is 5.75 Å². The highest BCUT2D eigenvalue weighted by Gasteiger charge is 2.27. The van der Waals surface area contributed by atoms with E-state index in [2.05, 4.69) is 17.4 Å². The van der Waals surface area contributed by atoms with E-state index in [-0.39, 0.29) is 17.3 Å². The number of nitrogens with one attached hydrogen (secondary N) is 1. The number of amides is 1. The lowest BCUT2D eigenvalue weighted by molar-refractivity contribution is -0.120. The molecule has 1 N–H and O–H groups in total. The van der Waals surface area contributed by atoms with Crippen molar-refractivity contribution in [2.24, 2.45) is 0 Å². The van der Waals surface area contributed by atoms with Crippen LogP contribution in [0, 0.1) is 0 Å². The fourth-order valence-corrected chi connectivity index (χ4v) is 3.81. The van der Waals surface area contributed by atoms with Gasteiger partial charge in [-0.3, -0.25) is 4.79 Å². The minimum absolute atomic E-state index is 0.0176. The fourth-order valence-electron chi connectivity index (χ4n) is 2.59. The van der Waals surface area contributed by atoms with Crippen LogP contribution in [0.15, 0.2) is 53.4 Å². The summed E-state index contributed by atoms with van der Waals surface area (Å²) in [5.74, 6) is 0.964. The predicted octanol–water partition coefficient (Wildman–Crippen LogP) is 3.81. The first-order chi connectivity index (χ1) is 11.1. The Hall–Kier alpha value is -1.94. The Kier molecular flexibility index (Phi) is 4.91. The molecule has 1 unspecified atom stereocenters. The largest absolute Gasteiger partial charge is 0.491 e. The third-order valence-electron chi connectivity index (χ3n) is 3.70. The molecular weight excluding hydrogens is 306 g/mol. The minimum Gasteiger partial charge on any atom is -0.491 e. The third-order valence-corrected chi connectivity index (χ3v) is 5.02. The molecule has 3 nitrogen and oxygen atoms in total. The van der Waals surface area contributed by atoms with E-state index in [0.717, 1.165) is 17.7 Å². The molecule has 0 saturated carbocycles. The summed E-state index contributed by atoms with van der Waals surface area (Å²) in [6.45, 7) is 4.56. The van der Waals surface area contributed by atoms with Crippen LogP contribution in [0.1, 0.15) is 25.0 Å². The second-order valence-corrected chi connectivity index (χ2v) is 7.19. The number of benzene rings is 2. The van der Waals surface area contributed by atoms with Gasteiger partial charge >= 0.3 is 0 Å². The van der Waals surface area contributed by atoms with Crippen LogP contribution < -0.4 is 10.1 Å². The van der Waals surface area contributed by atoms with E-state index < -0.39 is 0 Å². The molecule has 0 radical (unpaired) electrons. The van der Waals surface area contributed by atoms with Crippen LogP contribution in [0.5, 0.6) is 5.75 Å². The van der Waals surface area contributed by atoms with E-state index in [0.29, 0.717) is 6.54 Å². The summed E-state index contributed by atoms with van der Waals surface area (Å²) in [7, 11) is 0. The smallest absolute Gasteiger partial charge is 0.234 e. The molecule has 0 fully saturated rings. The highest BCUT2D eigenvalue weighted by molar-refractivity contribution is 8.01. The van der Waals surface area contributed by atoms with E-state index in [1.165, 1.54) is 10.5 Å². The Morgan fingerprint density at radius 3 is 2.65 bits per heavy atom. The predicted molar refractivity (Wildman–Crippen MR) is 93.8 cm³/mol. The van der Waals surface area contributed by atoms with Gasteiger partial charge in [-0.2, -0.15) is 0 Å². The summed E-state index contributed by atoms with van der Waals surface area (Å²) in [5.41, 5.74) is 2.35. The van der Waals surface area contributed by atoms with Crippen molar-refractivity contribution in [3.05, 3.63) is 59.7 Å². The van der Waals surface area contributed by atoms with E-state index in [4.69, 9.17) is 4.74 Å². The van der Waals surface area contributed by atoms with Crippen molar-refractivity contribution in [2.75, 3.05) is 0 Å². The zero-order valence-electron chi connectivity index (χ0n) is 13.4. The summed E-state index contributed by atoms with van der Waals surface area (Å²) < 4.78 is 5.62. The van der Waals surface area contributed by atoms with E-state index >= 15 is 0 Å². The molecule has 1 heterocycles. The van der Waals surface area contributed by atoms with Gasteiger partial charge in [-0.15, -0.1) is 11.8 Å². The van der Waals surface area contributed by atoms with Crippen molar-refractivity contribution in [1.82, 2.24) is 5.32 Å². The van der Waals surface area contributed by atoms with Gasteiger partial charge in [0.25, 0.3) is 0 Å². The Balaban J connectivity index is 1.52. The molecule has 23 heavy (non-hydrogen) atoms. The highest BCUT2D eigenvalue weighted by Crippen LogP contribution is 2.36. The molecule has 1 aliphatic heterocycles. The van der Waals surface area contributed by atoms with E-state index in [1.54, 1.807) is 11.8 Å². The molecular formula is C19H21NO2S. The molecule has 0 saturated heterocycles. The molecule has 3 rings (SSSR count). The minimum atomic E-state index is -0.0176. The van der Waals surface area contributed by atoms with Gasteiger partial charge in [-0.1, -0.05) is 30.3 Å². The number of carbonyl (C=O) groups is 1. The second-order valence-electron chi connectivity index (χ2n) is 5.95. The summed E-state index contributed by atoms with van der Waals surface area (Å²) >= 11 is 1.66. The van der Waals surface area contributed by atoms with Gasteiger partial charge < -0.3 is 10.1 Å². The molecule has 1 amide bonds. The lowest BCUT2D eigenvalue weighted by Gasteiger charge is -2.12. The summed E-state index contributed by atoms with van der Waals surface area (Å²) in [6, 6.07) is 16.1. The summed E-state index contributed by atoms with van der Waals surface area (Å²) in [6.07, 6.45) is 0.981. The first-order valence-electron chi connectivity index (χ1n) is 7.89. The first-order valence-corrected chi connectivity index (χ1v) is 8.77. The van der Waals surface area contributed by atoms with Crippen molar-refractivity contribution in [3.8, 4) is 5.75 Å².